The maximum absolute atomic E-state index is 6.55. The molecule has 7 rings (SSSR count). The van der Waals surface area contributed by atoms with Crippen LogP contribution in [-0.4, -0.2) is 23.3 Å². The Bertz CT molecular complexity index is 1720. The van der Waals surface area contributed by atoms with Crippen molar-refractivity contribution in [2.45, 2.75) is 58.2 Å². The number of para-hydroxylation sites is 1. The molecule has 2 aliphatic rings. The number of allylic oxidation sites excluding steroid dienone is 1. The number of nitrogens with zero attached hydrogens (tertiary/aromatic N) is 1. The van der Waals surface area contributed by atoms with Crippen LogP contribution in [0.2, 0.25) is 0 Å². The van der Waals surface area contributed by atoms with Gasteiger partial charge in [0.1, 0.15) is 11.3 Å². The summed E-state index contributed by atoms with van der Waals surface area (Å²) in [6, 6.07) is 23.1. The zero-order chi connectivity index (χ0) is 25.5. The number of aromatic nitrogens is 1. The van der Waals surface area contributed by atoms with E-state index >= 15 is 0 Å². The molecule has 1 atom stereocenters. The zero-order valence-electron chi connectivity index (χ0n) is 22.0. The average Bonchev–Trinajstić information content (AvgIpc) is 3.37. The minimum atomic E-state index is -0.375. The van der Waals surface area contributed by atoms with Crippen LogP contribution in [0.4, 0.5) is 0 Å². The van der Waals surface area contributed by atoms with Gasteiger partial charge >= 0.3 is 7.12 Å². The van der Waals surface area contributed by atoms with Crippen molar-refractivity contribution in [3.8, 4) is 11.3 Å². The van der Waals surface area contributed by atoms with Crippen LogP contribution in [-0.2, 0) is 9.31 Å². The smallest absolute Gasteiger partial charge is 0.460 e. The van der Waals surface area contributed by atoms with E-state index in [1.165, 1.54) is 10.9 Å². The minimum Gasteiger partial charge on any atom is -0.460 e. The lowest BCUT2D eigenvalue weighted by atomic mass is 9.69. The van der Waals surface area contributed by atoms with E-state index in [0.29, 0.717) is 0 Å². The summed E-state index contributed by atoms with van der Waals surface area (Å²) < 4.78 is 19.5. The maximum atomic E-state index is 6.55. The molecule has 5 heteroatoms. The first-order chi connectivity index (χ1) is 17.7. The fourth-order valence-electron chi connectivity index (χ4n) is 5.85. The van der Waals surface area contributed by atoms with Crippen molar-refractivity contribution in [1.29, 1.82) is 0 Å². The highest BCUT2D eigenvalue weighted by Gasteiger charge is 2.53. The summed E-state index contributed by atoms with van der Waals surface area (Å²) in [6.45, 7) is 10.7. The number of benzene rings is 3. The summed E-state index contributed by atoms with van der Waals surface area (Å²) in [7, 11) is -0.362. The van der Waals surface area contributed by atoms with Crippen molar-refractivity contribution in [3.05, 3.63) is 83.5 Å². The molecule has 1 aliphatic heterocycles. The Labute approximate surface area is 217 Å². The fraction of sp³-hybridized carbons (Fsp3) is 0.281. The van der Waals surface area contributed by atoms with Crippen LogP contribution in [0.1, 0.15) is 58.3 Å². The van der Waals surface area contributed by atoms with Crippen molar-refractivity contribution >= 4 is 45.8 Å². The van der Waals surface area contributed by atoms with E-state index < -0.39 is 0 Å². The molecule has 4 nitrogen and oxygen atoms in total. The highest BCUT2D eigenvalue weighted by atomic mass is 16.7. The normalized spacial score (nSPS) is 20.5. The Balaban J connectivity index is 1.53. The molecular weight excluding hydrogens is 457 g/mol. The van der Waals surface area contributed by atoms with Gasteiger partial charge in [-0.1, -0.05) is 61.5 Å². The third-order valence-corrected chi connectivity index (χ3v) is 8.51. The second-order valence-electron chi connectivity index (χ2n) is 11.5. The van der Waals surface area contributed by atoms with Crippen LogP contribution in [0.15, 0.2) is 76.6 Å². The number of rotatable bonds is 2. The highest BCUT2D eigenvalue weighted by Crippen LogP contribution is 2.47. The van der Waals surface area contributed by atoms with Gasteiger partial charge in [0, 0.05) is 38.6 Å². The van der Waals surface area contributed by atoms with E-state index in [2.05, 4.69) is 101 Å². The van der Waals surface area contributed by atoms with E-state index in [4.69, 9.17) is 18.7 Å². The molecule has 0 spiro atoms. The van der Waals surface area contributed by atoms with Crippen molar-refractivity contribution in [2.75, 3.05) is 0 Å². The third-order valence-electron chi connectivity index (χ3n) is 8.51. The Kier molecular flexibility index (Phi) is 4.80. The summed E-state index contributed by atoms with van der Waals surface area (Å²) >= 11 is 0. The van der Waals surface area contributed by atoms with E-state index in [9.17, 15) is 0 Å². The molecule has 0 amide bonds. The molecule has 2 aromatic heterocycles. The van der Waals surface area contributed by atoms with Crippen LogP contribution in [0.25, 0.3) is 50.0 Å². The van der Waals surface area contributed by atoms with Gasteiger partial charge in [-0.15, -0.1) is 0 Å². The van der Waals surface area contributed by atoms with Crippen molar-refractivity contribution in [2.24, 2.45) is 0 Å². The van der Waals surface area contributed by atoms with E-state index in [0.717, 1.165) is 56.3 Å². The second kappa shape index (κ2) is 7.80. The van der Waals surface area contributed by atoms with Gasteiger partial charge in [0.25, 0.3) is 0 Å². The van der Waals surface area contributed by atoms with Crippen LogP contribution >= 0.6 is 0 Å². The first-order valence-corrected chi connectivity index (χ1v) is 13.1. The number of hydrogen-bond acceptors (Lipinski definition) is 4. The highest BCUT2D eigenvalue weighted by molar-refractivity contribution is 6.56. The SMILES string of the molecule is CC1CC(B2OC(C)(C)C(C)(C)O2)=Cc2c1oc1ccc3c(-c4ccccc4)nc4ccccc4c3c21. The van der Waals surface area contributed by atoms with Crippen molar-refractivity contribution < 1.29 is 13.7 Å². The lowest BCUT2D eigenvalue weighted by Crippen LogP contribution is -2.41. The van der Waals surface area contributed by atoms with Crippen molar-refractivity contribution in [3.63, 3.8) is 0 Å². The summed E-state index contributed by atoms with van der Waals surface area (Å²) in [5.74, 6) is 1.25. The average molecular weight is 487 g/mol. The van der Waals surface area contributed by atoms with Gasteiger partial charge in [-0.3, -0.25) is 0 Å². The molecule has 0 bridgehead atoms. The Morgan fingerprint density at radius 1 is 0.811 bits per heavy atom. The first kappa shape index (κ1) is 22.8. The Hall–Kier alpha value is -3.41. The summed E-state index contributed by atoms with van der Waals surface area (Å²) in [4.78, 5) is 5.12. The number of pyridine rings is 1. The molecule has 1 aliphatic carbocycles. The molecule has 0 N–H and O–H groups in total. The molecule has 37 heavy (non-hydrogen) atoms. The molecular formula is C32H30BNO3. The van der Waals surface area contributed by atoms with Gasteiger partial charge < -0.3 is 13.7 Å². The minimum absolute atomic E-state index is 0.221. The van der Waals surface area contributed by atoms with E-state index in [-0.39, 0.29) is 24.2 Å². The standard InChI is InChI=1S/C32H30BNO3/c1-19-17-21(33-36-31(2,3)32(4,5)37-33)18-24-28-26(35-30(19)24)16-15-23-27(28)22-13-9-10-14-25(22)34-29(23)20-11-7-6-8-12-20/h6-16,18-19H,17H2,1-5H3. The predicted molar refractivity (Wildman–Crippen MR) is 152 cm³/mol. The largest absolute Gasteiger partial charge is 0.490 e. The number of furan rings is 1. The molecule has 3 heterocycles. The third kappa shape index (κ3) is 3.34. The van der Waals surface area contributed by atoms with E-state index in [1.807, 2.05) is 6.07 Å². The molecule has 0 radical (unpaired) electrons. The van der Waals surface area contributed by atoms with Gasteiger partial charge in [0.2, 0.25) is 0 Å². The van der Waals surface area contributed by atoms with Gasteiger partial charge in [0.05, 0.1) is 22.4 Å². The molecule has 1 saturated heterocycles. The van der Waals surface area contributed by atoms with Crippen LogP contribution < -0.4 is 0 Å². The molecule has 1 fully saturated rings. The predicted octanol–water partition coefficient (Wildman–Crippen LogP) is 8.32. The lowest BCUT2D eigenvalue weighted by Gasteiger charge is -2.32. The molecule has 1 unspecified atom stereocenters. The number of fused-ring (bicyclic) bond motifs is 7. The Morgan fingerprint density at radius 2 is 1.51 bits per heavy atom. The molecule has 3 aromatic carbocycles. The molecule has 184 valence electrons. The zero-order valence-corrected chi connectivity index (χ0v) is 22.0. The van der Waals surface area contributed by atoms with Gasteiger partial charge in [-0.25, -0.2) is 4.98 Å². The number of hydrogen-bond donors (Lipinski definition) is 0. The summed E-state index contributed by atoms with van der Waals surface area (Å²) in [5, 5.41) is 4.59. The molecule has 0 saturated carbocycles. The van der Waals surface area contributed by atoms with Crippen LogP contribution in [0, 0.1) is 0 Å². The summed E-state index contributed by atoms with van der Waals surface area (Å²) in [6.07, 6.45) is 3.11. The maximum Gasteiger partial charge on any atom is 0.490 e. The molecule has 5 aromatic rings. The second-order valence-corrected chi connectivity index (χ2v) is 11.5. The summed E-state index contributed by atoms with van der Waals surface area (Å²) in [5.41, 5.74) is 5.54. The van der Waals surface area contributed by atoms with Crippen LogP contribution in [0.3, 0.4) is 0 Å². The topological polar surface area (TPSA) is 44.5 Å². The fourth-order valence-corrected chi connectivity index (χ4v) is 5.85. The quantitative estimate of drug-likeness (QED) is 0.186. The van der Waals surface area contributed by atoms with Gasteiger partial charge in [-0.2, -0.15) is 0 Å². The Morgan fingerprint density at radius 3 is 2.27 bits per heavy atom. The van der Waals surface area contributed by atoms with E-state index in [1.54, 1.807) is 0 Å². The van der Waals surface area contributed by atoms with Crippen molar-refractivity contribution in [1.82, 2.24) is 4.98 Å². The van der Waals surface area contributed by atoms with Crippen LogP contribution in [0.5, 0.6) is 0 Å². The van der Waals surface area contributed by atoms with Gasteiger partial charge in [0.15, 0.2) is 0 Å². The first-order valence-electron chi connectivity index (χ1n) is 13.1. The monoisotopic (exact) mass is 487 g/mol. The lowest BCUT2D eigenvalue weighted by molar-refractivity contribution is 0.00578. The van der Waals surface area contributed by atoms with Gasteiger partial charge in [-0.05, 0) is 57.8 Å².